The summed E-state index contributed by atoms with van der Waals surface area (Å²) in [6.45, 7) is 5.52. The maximum atomic E-state index is 13.3. The average Bonchev–Trinajstić information content (AvgIpc) is 2.60. The Hall–Kier alpha value is -1.91. The molecule has 1 rings (SSSR count). The summed E-state index contributed by atoms with van der Waals surface area (Å²) >= 11 is 0. The molecule has 21 heavy (non-hydrogen) atoms. The summed E-state index contributed by atoms with van der Waals surface area (Å²) in [5.41, 5.74) is -0.733. The Balaban J connectivity index is 2.67. The highest BCUT2D eigenvalue weighted by Gasteiger charge is 2.48. The van der Waals surface area contributed by atoms with Gasteiger partial charge in [0.05, 0.1) is 12.6 Å². The second-order valence-corrected chi connectivity index (χ2v) is 6.04. The van der Waals surface area contributed by atoms with Gasteiger partial charge < -0.3 is 15.0 Å². The summed E-state index contributed by atoms with van der Waals surface area (Å²) in [7, 11) is 0. The molecule has 0 aliphatic carbocycles. The number of carbonyl (C=O) groups is 2. The molecule has 1 aliphatic heterocycles. The number of ether oxygens (including phenoxy) is 1. The van der Waals surface area contributed by atoms with Gasteiger partial charge in [0.2, 0.25) is 5.91 Å². The van der Waals surface area contributed by atoms with E-state index in [9.17, 15) is 18.4 Å². The highest BCUT2D eigenvalue weighted by atomic mass is 19.3. The smallest absolute Gasteiger partial charge is 0.408 e. The fraction of sp³-hybridized carbons (Fsp3) is 0.769. The number of nitrogens with one attached hydrogen (secondary N) is 1. The lowest BCUT2D eigenvalue weighted by Gasteiger charge is -2.25. The number of halogens is 2. The molecule has 2 amide bonds. The van der Waals surface area contributed by atoms with Crippen LogP contribution in [0.2, 0.25) is 0 Å². The lowest BCUT2D eigenvalue weighted by Crippen LogP contribution is -2.49. The molecule has 0 aromatic carbocycles. The molecule has 118 valence electrons. The molecule has 2 atom stereocenters. The van der Waals surface area contributed by atoms with Gasteiger partial charge in [0, 0.05) is 6.42 Å². The molecule has 0 aromatic rings. The van der Waals surface area contributed by atoms with Gasteiger partial charge >= 0.3 is 6.09 Å². The van der Waals surface area contributed by atoms with E-state index >= 15 is 0 Å². The van der Waals surface area contributed by atoms with Crippen LogP contribution in [0.25, 0.3) is 0 Å². The Morgan fingerprint density at radius 3 is 2.52 bits per heavy atom. The molecular formula is C13H19F2N3O3. The first kappa shape index (κ1) is 17.1. The van der Waals surface area contributed by atoms with Crippen molar-refractivity contribution in [3.8, 4) is 6.07 Å². The topological polar surface area (TPSA) is 82.4 Å². The number of likely N-dealkylation sites (tertiary alicyclic amines) is 1. The lowest BCUT2D eigenvalue weighted by atomic mass is 10.2. The maximum absolute atomic E-state index is 13.3. The minimum Gasteiger partial charge on any atom is -0.444 e. The molecule has 1 fully saturated rings. The minimum absolute atomic E-state index is 0.686. The van der Waals surface area contributed by atoms with Crippen LogP contribution in [-0.2, 0) is 9.53 Å². The monoisotopic (exact) mass is 303 g/mol. The first-order chi connectivity index (χ1) is 9.45. The van der Waals surface area contributed by atoms with Crippen molar-refractivity contribution in [1.82, 2.24) is 10.2 Å². The van der Waals surface area contributed by atoms with Crippen LogP contribution >= 0.6 is 0 Å². The van der Waals surface area contributed by atoms with E-state index in [0.29, 0.717) is 0 Å². The largest absolute Gasteiger partial charge is 0.444 e. The van der Waals surface area contributed by atoms with E-state index in [-0.39, 0.29) is 0 Å². The second-order valence-electron chi connectivity index (χ2n) is 6.04. The number of carbonyl (C=O) groups excluding carboxylic acids is 2. The SMILES string of the molecule is C[C@H](NC(=O)OC(C)(C)C)C(=O)N1CC(F)(F)C[C@H]1C#N. The molecule has 1 aliphatic rings. The zero-order chi connectivity index (χ0) is 16.4. The fourth-order valence-corrected chi connectivity index (χ4v) is 1.96. The Kier molecular flexibility index (Phi) is 4.76. The number of amides is 2. The second kappa shape index (κ2) is 5.84. The van der Waals surface area contributed by atoms with Crippen molar-refractivity contribution >= 4 is 12.0 Å². The van der Waals surface area contributed by atoms with Crippen molar-refractivity contribution < 1.29 is 23.1 Å². The predicted octanol–water partition coefficient (Wildman–Crippen LogP) is 1.66. The average molecular weight is 303 g/mol. The van der Waals surface area contributed by atoms with Crippen molar-refractivity contribution in [3.63, 3.8) is 0 Å². The molecule has 6 nitrogen and oxygen atoms in total. The van der Waals surface area contributed by atoms with Crippen LogP contribution < -0.4 is 5.32 Å². The number of nitrogens with zero attached hydrogens (tertiary/aromatic N) is 2. The van der Waals surface area contributed by atoms with Crippen LogP contribution in [0.15, 0.2) is 0 Å². The van der Waals surface area contributed by atoms with E-state index in [1.165, 1.54) is 6.92 Å². The molecule has 1 saturated heterocycles. The van der Waals surface area contributed by atoms with Gasteiger partial charge in [-0.15, -0.1) is 0 Å². The molecule has 1 N–H and O–H groups in total. The van der Waals surface area contributed by atoms with Gasteiger partial charge in [-0.1, -0.05) is 0 Å². The lowest BCUT2D eigenvalue weighted by molar-refractivity contribution is -0.134. The standard InChI is InChI=1S/C13H19F2N3O3/c1-8(17-11(20)21-12(2,3)4)10(19)18-7-13(14,15)5-9(18)6-16/h8-9H,5,7H2,1-4H3,(H,17,20)/t8-,9-/m0/s1. The molecule has 0 saturated carbocycles. The molecule has 0 spiro atoms. The first-order valence-electron chi connectivity index (χ1n) is 6.52. The zero-order valence-electron chi connectivity index (χ0n) is 12.4. The van der Waals surface area contributed by atoms with Crippen molar-refractivity contribution in [1.29, 1.82) is 5.26 Å². The number of hydrogen-bond donors (Lipinski definition) is 1. The maximum Gasteiger partial charge on any atom is 0.408 e. The molecule has 1 heterocycles. The Morgan fingerprint density at radius 1 is 1.48 bits per heavy atom. The Bertz CT molecular complexity index is 468. The Labute approximate surface area is 122 Å². The third-order valence-electron chi connectivity index (χ3n) is 2.81. The van der Waals surface area contributed by atoms with Crippen LogP contribution in [0.5, 0.6) is 0 Å². The first-order valence-corrected chi connectivity index (χ1v) is 6.52. The third kappa shape index (κ3) is 4.85. The quantitative estimate of drug-likeness (QED) is 0.841. The summed E-state index contributed by atoms with van der Waals surface area (Å²) in [5, 5.41) is 11.1. The summed E-state index contributed by atoms with van der Waals surface area (Å²) in [6.07, 6.45) is -1.50. The van der Waals surface area contributed by atoms with Crippen molar-refractivity contribution in [3.05, 3.63) is 0 Å². The van der Waals surface area contributed by atoms with Crippen molar-refractivity contribution in [2.24, 2.45) is 0 Å². The summed E-state index contributed by atoms with van der Waals surface area (Å²) in [6, 6.07) is -0.558. The van der Waals surface area contributed by atoms with Gasteiger partial charge in [0.25, 0.3) is 5.92 Å². The number of rotatable bonds is 2. The van der Waals surface area contributed by atoms with E-state index in [1.807, 2.05) is 0 Å². The van der Waals surface area contributed by atoms with Crippen molar-refractivity contribution in [2.75, 3.05) is 6.54 Å². The van der Waals surface area contributed by atoms with Crippen LogP contribution in [0.3, 0.4) is 0 Å². The van der Waals surface area contributed by atoms with E-state index in [0.717, 1.165) is 4.90 Å². The molecule has 0 aromatic heterocycles. The van der Waals surface area contributed by atoms with Gasteiger partial charge in [-0.3, -0.25) is 4.79 Å². The normalized spacial score (nSPS) is 22.3. The van der Waals surface area contributed by atoms with Gasteiger partial charge in [-0.05, 0) is 27.7 Å². The van der Waals surface area contributed by atoms with Crippen LogP contribution in [0.4, 0.5) is 13.6 Å². The molecular weight excluding hydrogens is 284 g/mol. The van der Waals surface area contributed by atoms with E-state index in [4.69, 9.17) is 10.00 Å². The molecule has 0 bridgehead atoms. The predicted molar refractivity (Wildman–Crippen MR) is 69.5 cm³/mol. The van der Waals surface area contributed by atoms with E-state index in [1.54, 1.807) is 26.8 Å². The summed E-state index contributed by atoms with van der Waals surface area (Å²) < 4.78 is 31.5. The fourth-order valence-electron chi connectivity index (χ4n) is 1.96. The number of alkyl carbamates (subject to hydrolysis) is 1. The van der Waals surface area contributed by atoms with Crippen molar-refractivity contribution in [2.45, 2.75) is 57.7 Å². The number of hydrogen-bond acceptors (Lipinski definition) is 4. The van der Waals surface area contributed by atoms with Crippen LogP contribution in [0.1, 0.15) is 34.1 Å². The van der Waals surface area contributed by atoms with E-state index in [2.05, 4.69) is 5.32 Å². The molecule has 8 heteroatoms. The Morgan fingerprint density at radius 2 is 2.05 bits per heavy atom. The number of alkyl halides is 2. The van der Waals surface area contributed by atoms with E-state index < -0.39 is 48.6 Å². The highest BCUT2D eigenvalue weighted by Crippen LogP contribution is 2.32. The molecule has 0 unspecified atom stereocenters. The zero-order valence-corrected chi connectivity index (χ0v) is 12.4. The van der Waals surface area contributed by atoms with Gasteiger partial charge in [0.1, 0.15) is 17.7 Å². The van der Waals surface area contributed by atoms with Crippen LogP contribution in [0, 0.1) is 11.3 Å². The molecule has 0 radical (unpaired) electrons. The van der Waals surface area contributed by atoms with Gasteiger partial charge in [-0.25, -0.2) is 13.6 Å². The summed E-state index contributed by atoms with van der Waals surface area (Å²) in [4.78, 5) is 24.4. The van der Waals surface area contributed by atoms with Gasteiger partial charge in [0.15, 0.2) is 0 Å². The van der Waals surface area contributed by atoms with Gasteiger partial charge in [-0.2, -0.15) is 5.26 Å². The third-order valence-corrected chi connectivity index (χ3v) is 2.81. The highest BCUT2D eigenvalue weighted by molar-refractivity contribution is 5.86. The number of nitriles is 1. The summed E-state index contributed by atoms with van der Waals surface area (Å²) in [5.74, 6) is -3.81. The van der Waals surface area contributed by atoms with Crippen LogP contribution in [-0.4, -0.2) is 47.1 Å². The minimum atomic E-state index is -3.08.